The number of rotatable bonds is 3. The summed E-state index contributed by atoms with van der Waals surface area (Å²) in [5, 5.41) is 4.35. The van der Waals surface area contributed by atoms with Crippen molar-refractivity contribution in [2.24, 2.45) is 5.92 Å². The molecule has 5 heteroatoms. The number of nitrogens with one attached hydrogen (secondary N) is 1. The molecule has 1 aromatic carbocycles. The second-order valence-corrected chi connectivity index (χ2v) is 9.00. The third kappa shape index (κ3) is 3.39. The van der Waals surface area contributed by atoms with Crippen LogP contribution in [0, 0.1) is 5.92 Å². The molecule has 2 aliphatic rings. The molecule has 0 saturated carbocycles. The Labute approximate surface area is 155 Å². The van der Waals surface area contributed by atoms with E-state index in [1.54, 1.807) is 11.3 Å². The SMILES string of the molecule is O=C(NC[C@H]1CCCN2CCCC[C@@H]12)c1cc2cc(Br)ccc2s1. The largest absolute Gasteiger partial charge is 0.351 e. The Hall–Kier alpha value is -0.910. The zero-order chi connectivity index (χ0) is 16.5. The van der Waals surface area contributed by atoms with Crippen molar-refractivity contribution >= 4 is 43.3 Å². The van der Waals surface area contributed by atoms with Gasteiger partial charge in [0.15, 0.2) is 0 Å². The third-order valence-electron chi connectivity index (χ3n) is 5.46. The summed E-state index contributed by atoms with van der Waals surface area (Å²) in [7, 11) is 0. The minimum Gasteiger partial charge on any atom is -0.351 e. The Bertz CT molecular complexity index is 742. The maximum atomic E-state index is 12.6. The van der Waals surface area contributed by atoms with Crippen molar-refractivity contribution in [3.8, 4) is 0 Å². The molecule has 128 valence electrons. The van der Waals surface area contributed by atoms with Gasteiger partial charge in [-0.3, -0.25) is 4.79 Å². The summed E-state index contributed by atoms with van der Waals surface area (Å²) >= 11 is 5.07. The number of amides is 1. The van der Waals surface area contributed by atoms with E-state index in [2.05, 4.69) is 38.3 Å². The fourth-order valence-electron chi connectivity index (χ4n) is 4.25. The van der Waals surface area contributed by atoms with Crippen molar-refractivity contribution in [1.29, 1.82) is 0 Å². The number of thiophene rings is 1. The van der Waals surface area contributed by atoms with E-state index >= 15 is 0 Å². The van der Waals surface area contributed by atoms with Crippen LogP contribution in [-0.2, 0) is 0 Å². The van der Waals surface area contributed by atoms with Crippen LogP contribution < -0.4 is 5.32 Å². The predicted octanol–water partition coefficient (Wildman–Crippen LogP) is 4.66. The average Bonchev–Trinajstić information content (AvgIpc) is 3.03. The van der Waals surface area contributed by atoms with E-state index in [1.165, 1.54) is 49.9 Å². The molecule has 3 heterocycles. The molecule has 1 aromatic heterocycles. The van der Waals surface area contributed by atoms with Crippen molar-refractivity contribution in [1.82, 2.24) is 10.2 Å². The van der Waals surface area contributed by atoms with Gasteiger partial charge in [-0.2, -0.15) is 0 Å². The van der Waals surface area contributed by atoms with Crippen molar-refractivity contribution in [3.05, 3.63) is 33.6 Å². The first kappa shape index (κ1) is 16.6. The molecule has 1 amide bonds. The normalized spacial score (nSPS) is 24.7. The van der Waals surface area contributed by atoms with Gasteiger partial charge in [-0.05, 0) is 74.3 Å². The number of piperidine rings is 2. The van der Waals surface area contributed by atoms with Crippen molar-refractivity contribution in [2.75, 3.05) is 19.6 Å². The van der Waals surface area contributed by atoms with Crippen LogP contribution in [-0.4, -0.2) is 36.5 Å². The molecule has 4 rings (SSSR count). The summed E-state index contributed by atoms with van der Waals surface area (Å²) in [5.41, 5.74) is 0. The lowest BCUT2D eigenvalue weighted by atomic mass is 9.83. The van der Waals surface area contributed by atoms with Gasteiger partial charge in [-0.15, -0.1) is 11.3 Å². The maximum absolute atomic E-state index is 12.6. The van der Waals surface area contributed by atoms with Gasteiger partial charge < -0.3 is 10.2 Å². The Morgan fingerprint density at radius 3 is 3.00 bits per heavy atom. The quantitative estimate of drug-likeness (QED) is 0.803. The number of benzene rings is 1. The van der Waals surface area contributed by atoms with Gasteiger partial charge in [-0.25, -0.2) is 0 Å². The molecule has 0 bridgehead atoms. The van der Waals surface area contributed by atoms with Crippen LogP contribution in [0.2, 0.25) is 0 Å². The van der Waals surface area contributed by atoms with Gasteiger partial charge in [0.2, 0.25) is 0 Å². The minimum absolute atomic E-state index is 0.0836. The Balaban J connectivity index is 1.41. The van der Waals surface area contributed by atoms with Gasteiger partial charge in [0.1, 0.15) is 0 Å². The molecule has 0 unspecified atom stereocenters. The molecule has 2 aromatic rings. The zero-order valence-electron chi connectivity index (χ0n) is 13.8. The Kier molecular flexibility index (Phi) is 4.93. The third-order valence-corrected chi connectivity index (χ3v) is 7.06. The summed E-state index contributed by atoms with van der Waals surface area (Å²) in [6.07, 6.45) is 6.51. The van der Waals surface area contributed by atoms with E-state index in [1.807, 2.05) is 12.1 Å². The van der Waals surface area contributed by atoms with Gasteiger partial charge >= 0.3 is 0 Å². The lowest BCUT2D eigenvalue weighted by Crippen LogP contribution is -2.50. The van der Waals surface area contributed by atoms with Crippen LogP contribution in [0.25, 0.3) is 10.1 Å². The van der Waals surface area contributed by atoms with E-state index < -0.39 is 0 Å². The minimum atomic E-state index is 0.0836. The van der Waals surface area contributed by atoms with Crippen LogP contribution in [0.15, 0.2) is 28.7 Å². The molecular weight excluding hydrogens is 384 g/mol. The highest BCUT2D eigenvalue weighted by Crippen LogP contribution is 2.31. The first-order valence-electron chi connectivity index (χ1n) is 8.92. The van der Waals surface area contributed by atoms with Gasteiger partial charge in [0.05, 0.1) is 4.88 Å². The molecule has 2 fully saturated rings. The van der Waals surface area contributed by atoms with Crippen LogP contribution >= 0.6 is 27.3 Å². The topological polar surface area (TPSA) is 32.3 Å². The number of nitrogens with zero attached hydrogens (tertiary/aromatic N) is 1. The van der Waals surface area contributed by atoms with E-state index in [9.17, 15) is 4.79 Å². The van der Waals surface area contributed by atoms with Crippen molar-refractivity contribution in [2.45, 2.75) is 38.1 Å². The van der Waals surface area contributed by atoms with Gasteiger partial charge in [0.25, 0.3) is 5.91 Å². The zero-order valence-corrected chi connectivity index (χ0v) is 16.2. The first-order chi connectivity index (χ1) is 11.7. The molecule has 1 N–H and O–H groups in total. The van der Waals surface area contributed by atoms with E-state index in [-0.39, 0.29) is 5.91 Å². The van der Waals surface area contributed by atoms with E-state index in [4.69, 9.17) is 0 Å². The molecule has 0 radical (unpaired) electrons. The maximum Gasteiger partial charge on any atom is 0.261 e. The molecule has 2 saturated heterocycles. The lowest BCUT2D eigenvalue weighted by Gasteiger charge is -2.44. The smallest absolute Gasteiger partial charge is 0.261 e. The number of hydrogen-bond acceptors (Lipinski definition) is 3. The standard InChI is InChI=1S/C19H23BrN2OS/c20-15-6-7-17-14(10-15)11-18(24-17)19(23)21-12-13-4-3-9-22-8-2-1-5-16(13)22/h6-7,10-11,13,16H,1-5,8-9,12H2,(H,21,23)/t13-,16+/m1/s1. The number of hydrogen-bond donors (Lipinski definition) is 1. The van der Waals surface area contributed by atoms with Crippen LogP contribution in [0.3, 0.4) is 0 Å². The highest BCUT2D eigenvalue weighted by molar-refractivity contribution is 9.10. The predicted molar refractivity (Wildman–Crippen MR) is 104 cm³/mol. The number of carbonyl (C=O) groups is 1. The van der Waals surface area contributed by atoms with Crippen LogP contribution in [0.1, 0.15) is 41.8 Å². The van der Waals surface area contributed by atoms with E-state index in [0.717, 1.165) is 21.3 Å². The van der Waals surface area contributed by atoms with Crippen molar-refractivity contribution < 1.29 is 4.79 Å². The second-order valence-electron chi connectivity index (χ2n) is 7.00. The number of carbonyl (C=O) groups excluding carboxylic acids is 1. The number of fused-ring (bicyclic) bond motifs is 2. The van der Waals surface area contributed by atoms with Gasteiger partial charge in [0, 0.05) is 21.8 Å². The molecule has 3 nitrogen and oxygen atoms in total. The Morgan fingerprint density at radius 1 is 1.21 bits per heavy atom. The summed E-state index contributed by atoms with van der Waals surface area (Å²) in [6.45, 7) is 3.32. The lowest BCUT2D eigenvalue weighted by molar-refractivity contribution is 0.0576. The number of halogens is 1. The molecule has 0 aliphatic carbocycles. The molecule has 0 spiro atoms. The fourth-order valence-corrected chi connectivity index (χ4v) is 5.59. The van der Waals surface area contributed by atoms with Crippen molar-refractivity contribution in [3.63, 3.8) is 0 Å². The second kappa shape index (κ2) is 7.14. The first-order valence-corrected chi connectivity index (χ1v) is 10.5. The van der Waals surface area contributed by atoms with Crippen LogP contribution in [0.4, 0.5) is 0 Å². The fraction of sp³-hybridized carbons (Fsp3) is 0.526. The summed E-state index contributed by atoms with van der Waals surface area (Å²) in [6, 6.07) is 8.87. The molecular formula is C19H23BrN2OS. The molecule has 2 aliphatic heterocycles. The van der Waals surface area contributed by atoms with Crippen LogP contribution in [0.5, 0.6) is 0 Å². The highest BCUT2D eigenvalue weighted by Gasteiger charge is 2.33. The highest BCUT2D eigenvalue weighted by atomic mass is 79.9. The average molecular weight is 407 g/mol. The summed E-state index contributed by atoms with van der Waals surface area (Å²) < 4.78 is 2.22. The van der Waals surface area contributed by atoms with E-state index in [0.29, 0.717) is 12.0 Å². The van der Waals surface area contributed by atoms with Gasteiger partial charge in [-0.1, -0.05) is 22.4 Å². The summed E-state index contributed by atoms with van der Waals surface area (Å²) in [5.74, 6) is 0.701. The molecule has 2 atom stereocenters. The monoisotopic (exact) mass is 406 g/mol. The molecule has 24 heavy (non-hydrogen) atoms. The Morgan fingerprint density at radius 2 is 2.08 bits per heavy atom. The summed E-state index contributed by atoms with van der Waals surface area (Å²) in [4.78, 5) is 16.0.